The van der Waals surface area contributed by atoms with Crippen LogP contribution < -0.4 is 5.32 Å². The lowest BCUT2D eigenvalue weighted by Gasteiger charge is -2.16. The van der Waals surface area contributed by atoms with Crippen molar-refractivity contribution >= 4 is 11.6 Å². The van der Waals surface area contributed by atoms with Crippen molar-refractivity contribution in [2.75, 3.05) is 26.1 Å². The molecule has 0 saturated heterocycles. The molecule has 2 nitrogen and oxygen atoms in total. The lowest BCUT2D eigenvalue weighted by atomic mass is 10.1. The van der Waals surface area contributed by atoms with E-state index in [-0.39, 0.29) is 0 Å². The van der Waals surface area contributed by atoms with Gasteiger partial charge < -0.3 is 10.1 Å². The van der Waals surface area contributed by atoms with E-state index >= 15 is 0 Å². The molecule has 0 heterocycles. The van der Waals surface area contributed by atoms with Gasteiger partial charge >= 0.3 is 0 Å². The van der Waals surface area contributed by atoms with Gasteiger partial charge in [0.25, 0.3) is 0 Å². The Kier molecular flexibility index (Phi) is 13.4. The van der Waals surface area contributed by atoms with E-state index < -0.39 is 0 Å². The Morgan fingerprint density at radius 3 is 2.44 bits per heavy atom. The molecule has 0 aromatic heterocycles. The molecule has 0 aliphatic rings. The lowest BCUT2D eigenvalue weighted by molar-refractivity contribution is 0.164. The van der Waals surface area contributed by atoms with E-state index in [4.69, 9.17) is 16.3 Å². The molecule has 0 spiro atoms. The van der Waals surface area contributed by atoms with Gasteiger partial charge in [-0.05, 0) is 19.4 Å². The van der Waals surface area contributed by atoms with Crippen LogP contribution in [0.3, 0.4) is 0 Å². The highest BCUT2D eigenvalue weighted by Gasteiger charge is 2.05. The minimum atomic E-state index is 0.429. The Morgan fingerprint density at radius 2 is 1.81 bits per heavy atom. The molecule has 0 rings (SSSR count). The summed E-state index contributed by atoms with van der Waals surface area (Å²) in [6, 6.07) is 0.429. The van der Waals surface area contributed by atoms with Gasteiger partial charge in [-0.1, -0.05) is 39.0 Å². The monoisotopic (exact) mass is 249 g/mol. The standard InChI is InChI=1S/C13H28ClNO/c1-3-4-5-6-7-8-11-15-13(9-10-14)12-16-2/h13,15H,3-12H2,1-2H3. The molecule has 3 heteroatoms. The molecule has 1 N–H and O–H groups in total. The largest absolute Gasteiger partial charge is 0.383 e. The SMILES string of the molecule is CCCCCCCCNC(CCCl)COC. The molecular weight excluding hydrogens is 222 g/mol. The normalized spacial score (nSPS) is 12.9. The number of rotatable bonds is 12. The minimum absolute atomic E-state index is 0.429. The Labute approximate surface area is 106 Å². The number of methoxy groups -OCH3 is 1. The van der Waals surface area contributed by atoms with Crippen LogP contribution in [-0.2, 0) is 4.74 Å². The van der Waals surface area contributed by atoms with E-state index in [9.17, 15) is 0 Å². The number of nitrogens with one attached hydrogen (secondary N) is 1. The smallest absolute Gasteiger partial charge is 0.0616 e. The summed E-state index contributed by atoms with van der Waals surface area (Å²) in [5, 5.41) is 3.50. The van der Waals surface area contributed by atoms with Gasteiger partial charge in [-0.15, -0.1) is 11.6 Å². The van der Waals surface area contributed by atoms with Gasteiger partial charge in [0.1, 0.15) is 0 Å². The van der Waals surface area contributed by atoms with Crippen LogP contribution in [0.4, 0.5) is 0 Å². The molecule has 16 heavy (non-hydrogen) atoms. The summed E-state index contributed by atoms with van der Waals surface area (Å²) in [5.41, 5.74) is 0. The summed E-state index contributed by atoms with van der Waals surface area (Å²) in [6.07, 6.45) is 9.07. The van der Waals surface area contributed by atoms with Crippen molar-refractivity contribution in [3.05, 3.63) is 0 Å². The highest BCUT2D eigenvalue weighted by atomic mass is 35.5. The molecule has 1 atom stereocenters. The minimum Gasteiger partial charge on any atom is -0.383 e. The first-order valence-corrected chi connectivity index (χ1v) is 7.16. The zero-order valence-electron chi connectivity index (χ0n) is 10.9. The summed E-state index contributed by atoms with van der Waals surface area (Å²) in [7, 11) is 1.74. The van der Waals surface area contributed by atoms with Crippen LogP contribution in [0.1, 0.15) is 51.9 Å². The number of ether oxygens (including phenoxy) is 1. The van der Waals surface area contributed by atoms with Crippen molar-refractivity contribution in [2.45, 2.75) is 57.9 Å². The number of halogens is 1. The van der Waals surface area contributed by atoms with Crippen molar-refractivity contribution in [1.82, 2.24) is 5.32 Å². The molecular formula is C13H28ClNO. The van der Waals surface area contributed by atoms with Gasteiger partial charge in [0.05, 0.1) is 6.61 Å². The third-order valence-corrected chi connectivity index (χ3v) is 3.01. The molecule has 0 amide bonds. The van der Waals surface area contributed by atoms with E-state index in [1.54, 1.807) is 7.11 Å². The quantitative estimate of drug-likeness (QED) is 0.422. The highest BCUT2D eigenvalue weighted by molar-refractivity contribution is 6.17. The van der Waals surface area contributed by atoms with Crippen LogP contribution >= 0.6 is 11.6 Å². The van der Waals surface area contributed by atoms with Crippen LogP contribution in [0.5, 0.6) is 0 Å². The zero-order chi connectivity index (χ0) is 12.1. The summed E-state index contributed by atoms with van der Waals surface area (Å²) >= 11 is 5.73. The Morgan fingerprint density at radius 1 is 1.12 bits per heavy atom. The Hall–Kier alpha value is 0.210. The first-order chi connectivity index (χ1) is 7.85. The molecule has 0 radical (unpaired) electrons. The van der Waals surface area contributed by atoms with Gasteiger partial charge in [0, 0.05) is 19.0 Å². The van der Waals surface area contributed by atoms with Gasteiger partial charge in [-0.25, -0.2) is 0 Å². The average Bonchev–Trinajstić information content (AvgIpc) is 2.28. The molecule has 0 fully saturated rings. The van der Waals surface area contributed by atoms with E-state index in [2.05, 4.69) is 12.2 Å². The maximum atomic E-state index is 5.73. The predicted octanol–water partition coefficient (Wildman–Crippen LogP) is 3.58. The van der Waals surface area contributed by atoms with Crippen LogP contribution in [0.25, 0.3) is 0 Å². The molecule has 0 aromatic rings. The molecule has 0 aliphatic heterocycles. The average molecular weight is 250 g/mol. The van der Waals surface area contributed by atoms with E-state index in [1.807, 2.05) is 0 Å². The molecule has 0 aliphatic carbocycles. The molecule has 0 aromatic carbocycles. The fourth-order valence-electron chi connectivity index (χ4n) is 1.79. The maximum Gasteiger partial charge on any atom is 0.0616 e. The highest BCUT2D eigenvalue weighted by Crippen LogP contribution is 2.04. The van der Waals surface area contributed by atoms with Crippen LogP contribution in [0, 0.1) is 0 Å². The number of unbranched alkanes of at least 4 members (excludes halogenated alkanes) is 5. The molecule has 0 bridgehead atoms. The maximum absolute atomic E-state index is 5.73. The second-order valence-corrected chi connectivity index (χ2v) is 4.73. The topological polar surface area (TPSA) is 21.3 Å². The van der Waals surface area contributed by atoms with Gasteiger partial charge in [-0.3, -0.25) is 0 Å². The van der Waals surface area contributed by atoms with E-state index in [0.717, 1.165) is 19.6 Å². The number of hydrogen-bond donors (Lipinski definition) is 1. The van der Waals surface area contributed by atoms with Crippen LogP contribution in [-0.4, -0.2) is 32.2 Å². The fraction of sp³-hybridized carbons (Fsp3) is 1.00. The molecule has 98 valence electrons. The first kappa shape index (κ1) is 16.2. The third kappa shape index (κ3) is 10.7. The Bertz CT molecular complexity index is 127. The van der Waals surface area contributed by atoms with Crippen molar-refractivity contribution in [3.8, 4) is 0 Å². The predicted molar refractivity (Wildman–Crippen MR) is 72.4 cm³/mol. The van der Waals surface area contributed by atoms with Gasteiger partial charge in [0.2, 0.25) is 0 Å². The summed E-state index contributed by atoms with van der Waals surface area (Å²) in [4.78, 5) is 0. The van der Waals surface area contributed by atoms with E-state index in [1.165, 1.54) is 38.5 Å². The second-order valence-electron chi connectivity index (χ2n) is 4.35. The van der Waals surface area contributed by atoms with Crippen LogP contribution in [0.15, 0.2) is 0 Å². The number of alkyl halides is 1. The van der Waals surface area contributed by atoms with Crippen molar-refractivity contribution in [2.24, 2.45) is 0 Å². The van der Waals surface area contributed by atoms with Crippen molar-refractivity contribution < 1.29 is 4.74 Å². The first-order valence-electron chi connectivity index (χ1n) is 6.63. The van der Waals surface area contributed by atoms with Crippen LogP contribution in [0.2, 0.25) is 0 Å². The second kappa shape index (κ2) is 13.3. The third-order valence-electron chi connectivity index (χ3n) is 2.79. The molecule has 0 saturated carbocycles. The number of hydrogen-bond acceptors (Lipinski definition) is 2. The zero-order valence-corrected chi connectivity index (χ0v) is 11.7. The van der Waals surface area contributed by atoms with Crippen molar-refractivity contribution in [3.63, 3.8) is 0 Å². The Balaban J connectivity index is 3.25. The summed E-state index contributed by atoms with van der Waals surface area (Å²) < 4.78 is 5.15. The molecule has 1 unspecified atom stereocenters. The van der Waals surface area contributed by atoms with E-state index in [0.29, 0.717) is 11.9 Å². The fourth-order valence-corrected chi connectivity index (χ4v) is 2.05. The lowest BCUT2D eigenvalue weighted by Crippen LogP contribution is -2.34. The summed E-state index contributed by atoms with van der Waals surface area (Å²) in [5.74, 6) is 0.706. The van der Waals surface area contributed by atoms with Gasteiger partial charge in [0.15, 0.2) is 0 Å². The van der Waals surface area contributed by atoms with Crippen molar-refractivity contribution in [1.29, 1.82) is 0 Å². The summed E-state index contributed by atoms with van der Waals surface area (Å²) in [6.45, 7) is 4.11. The van der Waals surface area contributed by atoms with Gasteiger partial charge in [-0.2, -0.15) is 0 Å².